The molecular formula is C15H17F2N5O3. The Labute approximate surface area is 142 Å². The summed E-state index contributed by atoms with van der Waals surface area (Å²) in [6, 6.07) is 3.43. The van der Waals surface area contributed by atoms with Crippen molar-refractivity contribution >= 4 is 17.7 Å². The molecule has 0 saturated carbocycles. The molecule has 1 heterocycles. The third-order valence-corrected chi connectivity index (χ3v) is 2.72. The molecule has 25 heavy (non-hydrogen) atoms. The number of ether oxygens (including phenoxy) is 1. The van der Waals surface area contributed by atoms with E-state index in [-0.39, 0.29) is 18.1 Å². The number of hydrogen-bond acceptors (Lipinski definition) is 5. The van der Waals surface area contributed by atoms with Gasteiger partial charge in [-0.1, -0.05) is 16.4 Å². The number of carbonyl (C=O) groups excluding carboxylic acids is 2. The van der Waals surface area contributed by atoms with E-state index in [1.54, 1.807) is 20.8 Å². The van der Waals surface area contributed by atoms with Crippen LogP contribution < -0.4 is 15.4 Å². The molecular weight excluding hydrogens is 336 g/mol. The quantitative estimate of drug-likeness (QED) is 0.877. The molecule has 10 heteroatoms. The lowest BCUT2D eigenvalue weighted by molar-refractivity contribution is -0.117. The number of carbonyl (C=O) groups is 2. The van der Waals surface area contributed by atoms with Gasteiger partial charge in [-0.05, 0) is 32.9 Å². The third kappa shape index (κ3) is 5.52. The smallest absolute Gasteiger partial charge is 0.388 e. The minimum atomic E-state index is -1.16. The Hall–Kier alpha value is -3.04. The van der Waals surface area contributed by atoms with Crippen molar-refractivity contribution in [3.8, 4) is 5.88 Å². The Balaban J connectivity index is 1.93. The van der Waals surface area contributed by atoms with Gasteiger partial charge in [0, 0.05) is 5.54 Å². The van der Waals surface area contributed by atoms with Gasteiger partial charge >= 0.3 is 6.09 Å². The molecule has 0 aliphatic carbocycles. The molecule has 1 aromatic carbocycles. The lowest BCUT2D eigenvalue weighted by Gasteiger charge is -2.18. The van der Waals surface area contributed by atoms with Crippen LogP contribution in [0.2, 0.25) is 0 Å². The summed E-state index contributed by atoms with van der Waals surface area (Å²) < 4.78 is 32.6. The fourth-order valence-electron chi connectivity index (χ4n) is 1.77. The molecule has 1 aromatic heterocycles. The molecule has 0 saturated heterocycles. The number of anilines is 1. The van der Waals surface area contributed by atoms with Crippen molar-refractivity contribution in [1.29, 1.82) is 0 Å². The van der Waals surface area contributed by atoms with E-state index in [0.717, 1.165) is 10.7 Å². The number of nitrogens with zero attached hydrogens (tertiary/aromatic N) is 3. The number of benzene rings is 1. The number of nitrogens with one attached hydrogen (secondary N) is 2. The Morgan fingerprint density at radius 3 is 2.68 bits per heavy atom. The summed E-state index contributed by atoms with van der Waals surface area (Å²) in [5.41, 5.74) is -0.770. The highest BCUT2D eigenvalue weighted by molar-refractivity contribution is 5.90. The van der Waals surface area contributed by atoms with Crippen molar-refractivity contribution in [3.63, 3.8) is 0 Å². The van der Waals surface area contributed by atoms with E-state index in [2.05, 4.69) is 20.9 Å². The average molecular weight is 353 g/mol. The Morgan fingerprint density at radius 2 is 2.00 bits per heavy atom. The van der Waals surface area contributed by atoms with Crippen LogP contribution in [0.5, 0.6) is 5.88 Å². The Bertz CT molecular complexity index is 786. The van der Waals surface area contributed by atoms with Crippen LogP contribution in [0.25, 0.3) is 0 Å². The van der Waals surface area contributed by atoms with Gasteiger partial charge < -0.3 is 15.4 Å². The zero-order valence-electron chi connectivity index (χ0n) is 13.8. The second kappa shape index (κ2) is 7.24. The Kier molecular flexibility index (Phi) is 5.30. The lowest BCUT2D eigenvalue weighted by atomic mass is 10.1. The first-order valence-corrected chi connectivity index (χ1v) is 7.28. The molecule has 8 nitrogen and oxygen atoms in total. The minimum absolute atomic E-state index is 0.105. The van der Waals surface area contributed by atoms with Crippen LogP contribution in [0.3, 0.4) is 0 Å². The summed E-state index contributed by atoms with van der Waals surface area (Å²) >= 11 is 0. The highest BCUT2D eigenvalue weighted by atomic mass is 19.2. The highest BCUT2D eigenvalue weighted by Crippen LogP contribution is 2.16. The maximum atomic E-state index is 13.5. The summed E-state index contributed by atoms with van der Waals surface area (Å²) in [4.78, 5) is 23.5. The summed E-state index contributed by atoms with van der Waals surface area (Å²) in [6.07, 6.45) is 0.509. The van der Waals surface area contributed by atoms with Crippen molar-refractivity contribution in [3.05, 3.63) is 36.0 Å². The molecule has 0 aliphatic rings. The second-order valence-electron chi connectivity index (χ2n) is 6.17. The SMILES string of the molecule is CC(C)(C)NC(=O)Oc1cn(CC(=O)Nc2cccc(F)c2F)nn1. The van der Waals surface area contributed by atoms with Gasteiger partial charge in [0.15, 0.2) is 11.6 Å². The first-order valence-electron chi connectivity index (χ1n) is 7.28. The van der Waals surface area contributed by atoms with Gasteiger partial charge in [-0.3, -0.25) is 4.79 Å². The summed E-state index contributed by atoms with van der Waals surface area (Å²) in [5.74, 6) is -2.98. The average Bonchev–Trinajstić information content (AvgIpc) is 2.88. The molecule has 2 amide bonds. The van der Waals surface area contributed by atoms with Gasteiger partial charge in [0.2, 0.25) is 5.91 Å². The summed E-state index contributed by atoms with van der Waals surface area (Å²) in [6.45, 7) is 5.01. The highest BCUT2D eigenvalue weighted by Gasteiger charge is 2.17. The van der Waals surface area contributed by atoms with E-state index in [4.69, 9.17) is 4.74 Å². The number of amides is 2. The van der Waals surface area contributed by atoms with Crippen LogP contribution in [0, 0.1) is 11.6 Å². The summed E-state index contributed by atoms with van der Waals surface area (Å²) in [7, 11) is 0. The van der Waals surface area contributed by atoms with E-state index in [1.165, 1.54) is 18.3 Å². The Morgan fingerprint density at radius 1 is 1.28 bits per heavy atom. The van der Waals surface area contributed by atoms with Crippen LogP contribution >= 0.6 is 0 Å². The standard InChI is InChI=1S/C15H17F2N5O3/c1-15(2,3)19-14(24)25-12-8-22(21-20-12)7-11(23)18-10-6-4-5-9(16)13(10)17/h4-6,8H,7H2,1-3H3,(H,18,23)(H,19,24). The fourth-order valence-corrected chi connectivity index (χ4v) is 1.77. The normalized spacial score (nSPS) is 11.1. The molecule has 134 valence electrons. The van der Waals surface area contributed by atoms with E-state index >= 15 is 0 Å². The monoisotopic (exact) mass is 353 g/mol. The molecule has 0 unspecified atom stereocenters. The number of rotatable bonds is 4. The predicted molar refractivity (Wildman–Crippen MR) is 83.9 cm³/mol. The maximum absolute atomic E-state index is 13.5. The number of halogens is 2. The second-order valence-corrected chi connectivity index (χ2v) is 6.17. The molecule has 0 fully saturated rings. The van der Waals surface area contributed by atoms with Crippen LogP contribution in [0.15, 0.2) is 24.4 Å². The van der Waals surface area contributed by atoms with Crippen molar-refractivity contribution in [2.24, 2.45) is 0 Å². The topological polar surface area (TPSA) is 98.1 Å². The van der Waals surface area contributed by atoms with Crippen LogP contribution in [-0.4, -0.2) is 32.5 Å². The van der Waals surface area contributed by atoms with Gasteiger partial charge in [-0.2, -0.15) is 0 Å². The van der Waals surface area contributed by atoms with Crippen LogP contribution in [0.4, 0.5) is 19.3 Å². The number of hydrogen-bond donors (Lipinski definition) is 2. The maximum Gasteiger partial charge on any atom is 0.414 e. The van der Waals surface area contributed by atoms with Crippen molar-refractivity contribution in [1.82, 2.24) is 20.3 Å². The van der Waals surface area contributed by atoms with Gasteiger partial charge in [-0.25, -0.2) is 18.3 Å². The first kappa shape index (κ1) is 18.3. The van der Waals surface area contributed by atoms with Crippen LogP contribution in [0.1, 0.15) is 20.8 Å². The van der Waals surface area contributed by atoms with E-state index < -0.39 is 29.2 Å². The van der Waals surface area contributed by atoms with Gasteiger partial charge in [0.25, 0.3) is 5.88 Å². The predicted octanol–water partition coefficient (Wildman–Crippen LogP) is 2.08. The zero-order chi connectivity index (χ0) is 18.6. The molecule has 0 spiro atoms. The van der Waals surface area contributed by atoms with E-state index in [1.807, 2.05) is 0 Å². The van der Waals surface area contributed by atoms with Crippen molar-refractivity contribution < 1.29 is 23.1 Å². The van der Waals surface area contributed by atoms with Crippen molar-refractivity contribution in [2.45, 2.75) is 32.9 Å². The number of aromatic nitrogens is 3. The molecule has 0 aliphatic heterocycles. The van der Waals surface area contributed by atoms with E-state index in [9.17, 15) is 18.4 Å². The lowest BCUT2D eigenvalue weighted by Crippen LogP contribution is -2.42. The molecule has 0 radical (unpaired) electrons. The van der Waals surface area contributed by atoms with Gasteiger partial charge in [0.1, 0.15) is 6.54 Å². The molecule has 2 aromatic rings. The van der Waals surface area contributed by atoms with Crippen LogP contribution in [-0.2, 0) is 11.3 Å². The van der Waals surface area contributed by atoms with Crippen molar-refractivity contribution in [2.75, 3.05) is 5.32 Å². The molecule has 2 rings (SSSR count). The van der Waals surface area contributed by atoms with Gasteiger partial charge in [0.05, 0.1) is 11.9 Å². The largest absolute Gasteiger partial charge is 0.414 e. The van der Waals surface area contributed by atoms with E-state index in [0.29, 0.717) is 0 Å². The zero-order valence-corrected chi connectivity index (χ0v) is 13.8. The fraction of sp³-hybridized carbons (Fsp3) is 0.333. The third-order valence-electron chi connectivity index (χ3n) is 2.72. The molecule has 0 atom stereocenters. The minimum Gasteiger partial charge on any atom is -0.388 e. The van der Waals surface area contributed by atoms with Gasteiger partial charge in [-0.15, -0.1) is 0 Å². The summed E-state index contributed by atoms with van der Waals surface area (Å²) in [5, 5.41) is 12.0. The molecule has 2 N–H and O–H groups in total. The first-order chi connectivity index (χ1) is 11.6. The molecule has 0 bridgehead atoms.